The molecule has 0 bridgehead atoms. The molecule has 1 aromatic carbocycles. The highest BCUT2D eigenvalue weighted by atomic mass is 19.1. The molecular weight excluding hydrogens is 233 g/mol. The van der Waals surface area contributed by atoms with Gasteiger partial charge in [-0.2, -0.15) is 0 Å². The summed E-state index contributed by atoms with van der Waals surface area (Å²) >= 11 is 0. The first kappa shape index (κ1) is 13.0. The number of carboxylic acids is 1. The van der Waals surface area contributed by atoms with E-state index in [2.05, 4.69) is 4.90 Å². The molecule has 1 heterocycles. The molecule has 4 heteroatoms. The Kier molecular flexibility index (Phi) is 3.97. The number of aryl methyl sites for hydroxylation is 1. The Balaban J connectivity index is 1.95. The van der Waals surface area contributed by atoms with Crippen molar-refractivity contribution in [3.63, 3.8) is 0 Å². The maximum Gasteiger partial charge on any atom is 0.306 e. The van der Waals surface area contributed by atoms with E-state index in [1.165, 1.54) is 6.07 Å². The molecular formula is C14H18FNO2. The first-order chi connectivity index (χ1) is 8.56. The van der Waals surface area contributed by atoms with E-state index in [1.54, 1.807) is 6.07 Å². The Hall–Kier alpha value is -1.42. The van der Waals surface area contributed by atoms with Gasteiger partial charge >= 0.3 is 5.97 Å². The van der Waals surface area contributed by atoms with Gasteiger partial charge in [-0.15, -0.1) is 0 Å². The standard InChI is InChI=1S/C14H18FNO2/c1-10-2-3-13(15)12(8-10)9-16-6-4-11(5-7-16)14(17)18/h2-3,8,11H,4-7,9H2,1H3,(H,17,18). The van der Waals surface area contributed by atoms with Crippen LogP contribution in [-0.4, -0.2) is 29.1 Å². The van der Waals surface area contributed by atoms with Crippen molar-refractivity contribution >= 4 is 5.97 Å². The molecule has 0 aromatic heterocycles. The number of hydrogen-bond acceptors (Lipinski definition) is 2. The maximum atomic E-state index is 13.6. The fraction of sp³-hybridized carbons (Fsp3) is 0.500. The van der Waals surface area contributed by atoms with E-state index in [-0.39, 0.29) is 11.7 Å². The smallest absolute Gasteiger partial charge is 0.306 e. The quantitative estimate of drug-likeness (QED) is 0.897. The van der Waals surface area contributed by atoms with Crippen molar-refractivity contribution in [3.05, 3.63) is 35.1 Å². The number of halogens is 1. The van der Waals surface area contributed by atoms with Crippen LogP contribution in [0.5, 0.6) is 0 Å². The third kappa shape index (κ3) is 3.07. The van der Waals surface area contributed by atoms with Crippen LogP contribution >= 0.6 is 0 Å². The van der Waals surface area contributed by atoms with Gasteiger partial charge < -0.3 is 5.11 Å². The number of carboxylic acid groups (broad SMARTS) is 1. The van der Waals surface area contributed by atoms with E-state index in [4.69, 9.17) is 5.11 Å². The molecule has 1 aliphatic rings. The first-order valence-electron chi connectivity index (χ1n) is 6.26. The number of hydrogen-bond donors (Lipinski definition) is 1. The maximum absolute atomic E-state index is 13.6. The van der Waals surface area contributed by atoms with Gasteiger partial charge in [0.1, 0.15) is 5.82 Å². The number of aliphatic carboxylic acids is 1. The number of benzene rings is 1. The summed E-state index contributed by atoms with van der Waals surface area (Å²) in [5.74, 6) is -1.12. The lowest BCUT2D eigenvalue weighted by molar-refractivity contribution is -0.143. The number of likely N-dealkylation sites (tertiary alicyclic amines) is 1. The lowest BCUT2D eigenvalue weighted by Crippen LogP contribution is -2.36. The zero-order chi connectivity index (χ0) is 13.1. The van der Waals surface area contributed by atoms with Gasteiger partial charge in [0.2, 0.25) is 0 Å². The summed E-state index contributed by atoms with van der Waals surface area (Å²) in [7, 11) is 0. The van der Waals surface area contributed by atoms with Crippen molar-refractivity contribution in [2.75, 3.05) is 13.1 Å². The van der Waals surface area contributed by atoms with Gasteiger partial charge in [0.25, 0.3) is 0 Å². The van der Waals surface area contributed by atoms with Gasteiger partial charge in [0.15, 0.2) is 0 Å². The molecule has 1 aromatic rings. The molecule has 1 N–H and O–H groups in total. The molecule has 0 saturated carbocycles. The largest absolute Gasteiger partial charge is 0.481 e. The fourth-order valence-electron chi connectivity index (χ4n) is 2.40. The Labute approximate surface area is 106 Å². The number of rotatable bonds is 3. The Bertz CT molecular complexity index is 439. The van der Waals surface area contributed by atoms with Crippen LogP contribution in [0.2, 0.25) is 0 Å². The highest BCUT2D eigenvalue weighted by Gasteiger charge is 2.24. The molecule has 0 amide bonds. The zero-order valence-corrected chi connectivity index (χ0v) is 10.5. The molecule has 1 aliphatic heterocycles. The Morgan fingerprint density at radius 1 is 1.44 bits per heavy atom. The predicted molar refractivity (Wildman–Crippen MR) is 66.8 cm³/mol. The second kappa shape index (κ2) is 5.48. The molecule has 3 nitrogen and oxygen atoms in total. The van der Waals surface area contributed by atoms with Gasteiger partial charge in [0, 0.05) is 12.1 Å². The summed E-state index contributed by atoms with van der Waals surface area (Å²) in [5, 5.41) is 8.92. The van der Waals surface area contributed by atoms with Crippen LogP contribution in [0, 0.1) is 18.7 Å². The lowest BCUT2D eigenvalue weighted by atomic mass is 9.96. The molecule has 1 saturated heterocycles. The third-order valence-electron chi connectivity index (χ3n) is 3.53. The highest BCUT2D eigenvalue weighted by Crippen LogP contribution is 2.20. The third-order valence-corrected chi connectivity index (χ3v) is 3.53. The summed E-state index contributed by atoms with van der Waals surface area (Å²) in [6, 6.07) is 5.11. The molecule has 2 rings (SSSR count). The van der Waals surface area contributed by atoms with E-state index in [1.807, 2.05) is 13.0 Å². The molecule has 0 aliphatic carbocycles. The number of carbonyl (C=O) groups is 1. The molecule has 0 spiro atoms. The topological polar surface area (TPSA) is 40.5 Å². The second-order valence-electron chi connectivity index (χ2n) is 4.98. The van der Waals surface area contributed by atoms with Crippen LogP contribution in [-0.2, 0) is 11.3 Å². The first-order valence-corrected chi connectivity index (χ1v) is 6.26. The normalized spacial score (nSPS) is 17.9. The molecule has 0 unspecified atom stereocenters. The van der Waals surface area contributed by atoms with Gasteiger partial charge in [-0.25, -0.2) is 4.39 Å². The summed E-state index contributed by atoms with van der Waals surface area (Å²) in [6.45, 7) is 3.97. The Morgan fingerprint density at radius 2 is 2.11 bits per heavy atom. The lowest BCUT2D eigenvalue weighted by Gasteiger charge is -2.30. The number of nitrogens with zero attached hydrogens (tertiary/aromatic N) is 1. The summed E-state index contributed by atoms with van der Waals surface area (Å²) < 4.78 is 13.6. The molecule has 0 radical (unpaired) electrons. The van der Waals surface area contributed by atoms with Gasteiger partial charge in [-0.1, -0.05) is 17.7 Å². The summed E-state index contributed by atoms with van der Waals surface area (Å²) in [6.07, 6.45) is 1.31. The van der Waals surface area contributed by atoms with Crippen molar-refractivity contribution in [2.24, 2.45) is 5.92 Å². The molecule has 18 heavy (non-hydrogen) atoms. The van der Waals surface area contributed by atoms with Crippen LogP contribution in [0.1, 0.15) is 24.0 Å². The highest BCUT2D eigenvalue weighted by molar-refractivity contribution is 5.70. The van der Waals surface area contributed by atoms with Gasteiger partial charge in [0.05, 0.1) is 5.92 Å². The monoisotopic (exact) mass is 251 g/mol. The summed E-state index contributed by atoms with van der Waals surface area (Å²) in [5.41, 5.74) is 1.75. The minimum atomic E-state index is -0.712. The van der Waals surface area contributed by atoms with Gasteiger partial charge in [-0.05, 0) is 38.9 Å². The minimum Gasteiger partial charge on any atom is -0.481 e. The van der Waals surface area contributed by atoms with E-state index in [0.29, 0.717) is 24.9 Å². The predicted octanol–water partition coefficient (Wildman–Crippen LogP) is 2.43. The van der Waals surface area contributed by atoms with E-state index in [9.17, 15) is 9.18 Å². The van der Waals surface area contributed by atoms with Crippen LogP contribution in [0.25, 0.3) is 0 Å². The fourth-order valence-corrected chi connectivity index (χ4v) is 2.40. The SMILES string of the molecule is Cc1ccc(F)c(CN2CCC(C(=O)O)CC2)c1. The number of piperidine rings is 1. The van der Waals surface area contributed by atoms with Crippen LogP contribution in [0.3, 0.4) is 0 Å². The molecule has 98 valence electrons. The minimum absolute atomic E-state index is 0.180. The van der Waals surface area contributed by atoms with Crippen molar-refractivity contribution in [2.45, 2.75) is 26.3 Å². The van der Waals surface area contributed by atoms with Crippen molar-refractivity contribution in [3.8, 4) is 0 Å². The zero-order valence-electron chi connectivity index (χ0n) is 10.5. The van der Waals surface area contributed by atoms with Gasteiger partial charge in [-0.3, -0.25) is 9.69 Å². The Morgan fingerprint density at radius 3 is 2.72 bits per heavy atom. The average molecular weight is 251 g/mol. The van der Waals surface area contributed by atoms with Crippen molar-refractivity contribution < 1.29 is 14.3 Å². The van der Waals surface area contributed by atoms with E-state index >= 15 is 0 Å². The average Bonchev–Trinajstić information content (AvgIpc) is 2.34. The van der Waals surface area contributed by atoms with Crippen LogP contribution in [0.4, 0.5) is 4.39 Å². The second-order valence-corrected chi connectivity index (χ2v) is 4.98. The van der Waals surface area contributed by atoms with E-state index < -0.39 is 5.97 Å². The molecule has 1 fully saturated rings. The van der Waals surface area contributed by atoms with E-state index in [0.717, 1.165) is 18.7 Å². The summed E-state index contributed by atoms with van der Waals surface area (Å²) in [4.78, 5) is 13.0. The van der Waals surface area contributed by atoms with Crippen molar-refractivity contribution in [1.82, 2.24) is 4.90 Å². The molecule has 0 atom stereocenters. The van der Waals surface area contributed by atoms with Crippen molar-refractivity contribution in [1.29, 1.82) is 0 Å². The van der Waals surface area contributed by atoms with Crippen LogP contribution < -0.4 is 0 Å². The van der Waals surface area contributed by atoms with Crippen LogP contribution in [0.15, 0.2) is 18.2 Å².